The molecule has 0 aromatic heterocycles. The maximum Gasteiger partial charge on any atom is 0.222 e. The van der Waals surface area contributed by atoms with E-state index in [1.165, 1.54) is 0 Å². The lowest BCUT2D eigenvalue weighted by Crippen LogP contribution is -2.41. The number of hydrogen-bond acceptors (Lipinski definition) is 3. The molecule has 0 saturated heterocycles. The minimum atomic E-state index is 0. The summed E-state index contributed by atoms with van der Waals surface area (Å²) in [5, 5.41) is 9.23. The van der Waals surface area contributed by atoms with Gasteiger partial charge in [-0.05, 0) is 17.7 Å². The molecule has 3 N–H and O–H groups in total. The number of aliphatic imine (C=N–C) groups is 1. The first-order valence-electron chi connectivity index (χ1n) is 7.42. The van der Waals surface area contributed by atoms with Gasteiger partial charge in [-0.2, -0.15) is 0 Å². The summed E-state index contributed by atoms with van der Waals surface area (Å²) < 4.78 is 5.13. The topological polar surface area (TPSA) is 74.8 Å². The molecule has 1 amide bonds. The highest BCUT2D eigenvalue weighted by Crippen LogP contribution is 2.10. The predicted molar refractivity (Wildman–Crippen MR) is 104 cm³/mol. The van der Waals surface area contributed by atoms with Gasteiger partial charge >= 0.3 is 0 Å². The van der Waals surface area contributed by atoms with Crippen LogP contribution in [0.1, 0.15) is 19.4 Å². The standard InChI is InChI=1S/C16H26N4O2.HI/c1-12(2)15(21)18-9-10-19-16(17-3)20-11-13-5-7-14(22-4)8-6-13;/h5-8,12H,9-11H2,1-4H3,(H,18,21)(H2,17,19,20);1H. The summed E-state index contributed by atoms with van der Waals surface area (Å²) in [6, 6.07) is 7.85. The number of ether oxygens (including phenoxy) is 1. The highest BCUT2D eigenvalue weighted by molar-refractivity contribution is 14.0. The van der Waals surface area contributed by atoms with Gasteiger partial charge in [-0.15, -0.1) is 24.0 Å². The minimum absolute atomic E-state index is 0. The summed E-state index contributed by atoms with van der Waals surface area (Å²) in [6.07, 6.45) is 0. The van der Waals surface area contributed by atoms with Gasteiger partial charge in [0, 0.05) is 32.6 Å². The number of nitrogens with one attached hydrogen (secondary N) is 3. The predicted octanol–water partition coefficient (Wildman–Crippen LogP) is 1.75. The van der Waals surface area contributed by atoms with Gasteiger partial charge in [-0.1, -0.05) is 26.0 Å². The fourth-order valence-electron chi connectivity index (χ4n) is 1.72. The van der Waals surface area contributed by atoms with E-state index in [1.54, 1.807) is 14.2 Å². The van der Waals surface area contributed by atoms with Crippen LogP contribution in [0.3, 0.4) is 0 Å². The molecule has 1 rings (SSSR count). The van der Waals surface area contributed by atoms with Crippen molar-refractivity contribution in [2.24, 2.45) is 10.9 Å². The number of rotatable bonds is 7. The van der Waals surface area contributed by atoms with Crippen LogP contribution in [-0.2, 0) is 11.3 Å². The lowest BCUT2D eigenvalue weighted by Gasteiger charge is -2.13. The molecule has 0 fully saturated rings. The molecule has 0 aliphatic carbocycles. The van der Waals surface area contributed by atoms with Crippen molar-refractivity contribution >= 4 is 35.8 Å². The summed E-state index contributed by atoms with van der Waals surface area (Å²) in [5.74, 6) is 1.61. The van der Waals surface area contributed by atoms with E-state index in [0.29, 0.717) is 25.6 Å². The van der Waals surface area contributed by atoms with Crippen LogP contribution in [0.2, 0.25) is 0 Å². The van der Waals surface area contributed by atoms with Crippen LogP contribution in [0.4, 0.5) is 0 Å². The van der Waals surface area contributed by atoms with Crippen LogP contribution < -0.4 is 20.7 Å². The Balaban J connectivity index is 0.00000484. The molecule has 130 valence electrons. The van der Waals surface area contributed by atoms with Crippen molar-refractivity contribution in [1.82, 2.24) is 16.0 Å². The summed E-state index contributed by atoms with van der Waals surface area (Å²) in [5.41, 5.74) is 1.14. The van der Waals surface area contributed by atoms with E-state index in [0.717, 1.165) is 11.3 Å². The van der Waals surface area contributed by atoms with Crippen molar-refractivity contribution in [2.45, 2.75) is 20.4 Å². The fourth-order valence-corrected chi connectivity index (χ4v) is 1.72. The molecule has 0 atom stereocenters. The third kappa shape index (κ3) is 8.63. The number of carbonyl (C=O) groups is 1. The van der Waals surface area contributed by atoms with Crippen molar-refractivity contribution in [1.29, 1.82) is 0 Å². The van der Waals surface area contributed by atoms with E-state index in [9.17, 15) is 4.79 Å². The van der Waals surface area contributed by atoms with Crippen molar-refractivity contribution in [3.05, 3.63) is 29.8 Å². The molecular formula is C16H27IN4O2. The molecule has 0 bridgehead atoms. The minimum Gasteiger partial charge on any atom is -0.497 e. The van der Waals surface area contributed by atoms with E-state index in [-0.39, 0.29) is 35.8 Å². The number of hydrogen-bond donors (Lipinski definition) is 3. The Morgan fingerprint density at radius 3 is 2.26 bits per heavy atom. The lowest BCUT2D eigenvalue weighted by molar-refractivity contribution is -0.123. The van der Waals surface area contributed by atoms with Gasteiger partial charge in [0.2, 0.25) is 5.91 Å². The van der Waals surface area contributed by atoms with Crippen LogP contribution in [-0.4, -0.2) is 39.1 Å². The van der Waals surface area contributed by atoms with E-state index in [1.807, 2.05) is 38.1 Å². The number of halogens is 1. The highest BCUT2D eigenvalue weighted by atomic mass is 127. The Bertz CT molecular complexity index is 489. The van der Waals surface area contributed by atoms with E-state index in [4.69, 9.17) is 4.74 Å². The highest BCUT2D eigenvalue weighted by Gasteiger charge is 2.05. The molecule has 0 saturated carbocycles. The average Bonchev–Trinajstić information content (AvgIpc) is 2.54. The Kier molecular flexibility index (Phi) is 11.2. The van der Waals surface area contributed by atoms with Crippen molar-refractivity contribution in [3.63, 3.8) is 0 Å². The van der Waals surface area contributed by atoms with Crippen LogP contribution in [0.15, 0.2) is 29.3 Å². The van der Waals surface area contributed by atoms with Gasteiger partial charge in [-0.3, -0.25) is 9.79 Å². The van der Waals surface area contributed by atoms with Crippen molar-refractivity contribution in [3.8, 4) is 5.75 Å². The van der Waals surface area contributed by atoms with E-state index in [2.05, 4.69) is 20.9 Å². The first-order valence-corrected chi connectivity index (χ1v) is 7.42. The molecule has 0 unspecified atom stereocenters. The van der Waals surface area contributed by atoms with Gasteiger partial charge < -0.3 is 20.7 Å². The van der Waals surface area contributed by atoms with Gasteiger partial charge in [0.15, 0.2) is 5.96 Å². The Hall–Kier alpha value is -1.51. The maximum absolute atomic E-state index is 11.4. The Morgan fingerprint density at radius 1 is 1.13 bits per heavy atom. The molecule has 0 radical (unpaired) electrons. The molecular weight excluding hydrogens is 407 g/mol. The van der Waals surface area contributed by atoms with Crippen LogP contribution in [0.5, 0.6) is 5.75 Å². The molecule has 6 nitrogen and oxygen atoms in total. The fraction of sp³-hybridized carbons (Fsp3) is 0.500. The smallest absolute Gasteiger partial charge is 0.222 e. The molecule has 1 aromatic rings. The average molecular weight is 434 g/mol. The second kappa shape index (κ2) is 12.0. The number of carbonyl (C=O) groups excluding carboxylic acids is 1. The second-order valence-electron chi connectivity index (χ2n) is 5.15. The van der Waals surface area contributed by atoms with Crippen LogP contribution in [0, 0.1) is 5.92 Å². The van der Waals surface area contributed by atoms with Crippen molar-refractivity contribution < 1.29 is 9.53 Å². The summed E-state index contributed by atoms with van der Waals surface area (Å²) in [6.45, 7) is 5.61. The van der Waals surface area contributed by atoms with E-state index >= 15 is 0 Å². The summed E-state index contributed by atoms with van der Waals surface area (Å²) in [7, 11) is 3.37. The third-order valence-corrected chi connectivity index (χ3v) is 3.08. The molecule has 0 aliphatic rings. The first kappa shape index (κ1) is 21.5. The quantitative estimate of drug-likeness (QED) is 0.265. The number of methoxy groups -OCH3 is 1. The number of amides is 1. The SMILES string of the molecule is CN=C(NCCNC(=O)C(C)C)NCc1ccc(OC)cc1.I. The van der Waals surface area contributed by atoms with Gasteiger partial charge in [-0.25, -0.2) is 0 Å². The van der Waals surface area contributed by atoms with Gasteiger partial charge in [0.05, 0.1) is 7.11 Å². The normalized spacial score (nSPS) is 10.7. The third-order valence-electron chi connectivity index (χ3n) is 3.08. The Labute approximate surface area is 155 Å². The number of nitrogens with zero attached hydrogens (tertiary/aromatic N) is 1. The molecule has 23 heavy (non-hydrogen) atoms. The number of benzene rings is 1. The molecule has 0 spiro atoms. The first-order chi connectivity index (χ1) is 10.6. The molecule has 7 heteroatoms. The molecule has 0 aliphatic heterocycles. The molecule has 0 heterocycles. The lowest BCUT2D eigenvalue weighted by atomic mass is 10.2. The summed E-state index contributed by atoms with van der Waals surface area (Å²) >= 11 is 0. The van der Waals surface area contributed by atoms with Gasteiger partial charge in [0.25, 0.3) is 0 Å². The molecule has 1 aromatic carbocycles. The zero-order valence-corrected chi connectivity index (χ0v) is 16.5. The van der Waals surface area contributed by atoms with Crippen LogP contribution in [0.25, 0.3) is 0 Å². The largest absolute Gasteiger partial charge is 0.497 e. The van der Waals surface area contributed by atoms with E-state index < -0.39 is 0 Å². The monoisotopic (exact) mass is 434 g/mol. The zero-order valence-electron chi connectivity index (χ0n) is 14.2. The summed E-state index contributed by atoms with van der Waals surface area (Å²) in [4.78, 5) is 15.6. The maximum atomic E-state index is 11.4. The Morgan fingerprint density at radius 2 is 1.74 bits per heavy atom. The number of guanidine groups is 1. The van der Waals surface area contributed by atoms with Gasteiger partial charge in [0.1, 0.15) is 5.75 Å². The second-order valence-corrected chi connectivity index (χ2v) is 5.15. The van der Waals surface area contributed by atoms with Crippen LogP contribution >= 0.6 is 24.0 Å². The van der Waals surface area contributed by atoms with Crippen molar-refractivity contribution in [2.75, 3.05) is 27.2 Å². The zero-order chi connectivity index (χ0) is 16.4.